The molecule has 0 aromatic carbocycles. The van der Waals surface area contributed by atoms with Crippen molar-refractivity contribution in [3.05, 3.63) is 21.9 Å². The lowest BCUT2D eigenvalue weighted by Gasteiger charge is -2.20. The van der Waals surface area contributed by atoms with Gasteiger partial charge in [-0.2, -0.15) is 0 Å². The van der Waals surface area contributed by atoms with Gasteiger partial charge in [0, 0.05) is 9.75 Å². The predicted octanol–water partition coefficient (Wildman–Crippen LogP) is 3.06. The molecule has 2 heteroatoms. The fourth-order valence-electron chi connectivity index (χ4n) is 1.33. The first kappa shape index (κ1) is 9.75. The van der Waals surface area contributed by atoms with Gasteiger partial charge in [0.15, 0.2) is 0 Å². The van der Waals surface area contributed by atoms with Gasteiger partial charge >= 0.3 is 0 Å². The molecule has 0 radical (unpaired) electrons. The molecule has 1 rings (SSSR count). The third kappa shape index (κ3) is 2.08. The molecule has 1 aromatic heterocycles. The maximum Gasteiger partial charge on any atom is 0.0959 e. The Balaban J connectivity index is 2.81. The average Bonchev–Trinajstić information content (AvgIpc) is 2.36. The van der Waals surface area contributed by atoms with Gasteiger partial charge in [-0.3, -0.25) is 0 Å². The zero-order chi connectivity index (χ0) is 9.19. The Morgan fingerprint density at radius 2 is 2.17 bits per heavy atom. The summed E-state index contributed by atoms with van der Waals surface area (Å²) in [7, 11) is 0. The van der Waals surface area contributed by atoms with Crippen molar-refractivity contribution in [2.75, 3.05) is 0 Å². The molecule has 0 aliphatic rings. The summed E-state index contributed by atoms with van der Waals surface area (Å²) < 4.78 is 0. The van der Waals surface area contributed by atoms with E-state index in [1.54, 1.807) is 11.3 Å². The van der Waals surface area contributed by atoms with Gasteiger partial charge in [-0.1, -0.05) is 13.3 Å². The summed E-state index contributed by atoms with van der Waals surface area (Å²) in [6, 6.07) is 4.08. The molecule has 0 saturated carbocycles. The molecule has 0 fully saturated rings. The number of aliphatic hydroxyl groups is 1. The summed E-state index contributed by atoms with van der Waals surface area (Å²) in [5.41, 5.74) is -0.617. The van der Waals surface area contributed by atoms with E-state index in [0.717, 1.165) is 17.7 Å². The third-order valence-corrected chi connectivity index (χ3v) is 3.26. The van der Waals surface area contributed by atoms with Crippen LogP contribution in [0, 0.1) is 6.92 Å². The molecule has 0 bridgehead atoms. The van der Waals surface area contributed by atoms with Gasteiger partial charge in [0.1, 0.15) is 0 Å². The van der Waals surface area contributed by atoms with E-state index in [1.807, 2.05) is 13.0 Å². The summed E-state index contributed by atoms with van der Waals surface area (Å²) in [5, 5.41) is 10.0. The maximum atomic E-state index is 10.0. The normalized spacial score (nSPS) is 16.0. The van der Waals surface area contributed by atoms with Gasteiger partial charge in [0.25, 0.3) is 0 Å². The van der Waals surface area contributed by atoms with Gasteiger partial charge < -0.3 is 5.11 Å². The van der Waals surface area contributed by atoms with E-state index in [2.05, 4.69) is 19.9 Å². The lowest BCUT2D eigenvalue weighted by molar-refractivity contribution is 0.0507. The molecule has 0 aliphatic heterocycles. The van der Waals surface area contributed by atoms with Crippen LogP contribution < -0.4 is 0 Å². The van der Waals surface area contributed by atoms with Gasteiger partial charge in [0.2, 0.25) is 0 Å². The molecule has 0 amide bonds. The van der Waals surface area contributed by atoms with Crippen molar-refractivity contribution in [2.45, 2.75) is 39.2 Å². The molecular weight excluding hydrogens is 168 g/mol. The van der Waals surface area contributed by atoms with Crippen LogP contribution in [-0.4, -0.2) is 5.11 Å². The highest BCUT2D eigenvalue weighted by atomic mass is 32.1. The van der Waals surface area contributed by atoms with Gasteiger partial charge in [-0.25, -0.2) is 0 Å². The minimum Gasteiger partial charge on any atom is -0.385 e. The van der Waals surface area contributed by atoms with Crippen molar-refractivity contribution < 1.29 is 5.11 Å². The molecule has 0 saturated heterocycles. The van der Waals surface area contributed by atoms with E-state index < -0.39 is 5.60 Å². The highest BCUT2D eigenvalue weighted by molar-refractivity contribution is 7.12. The van der Waals surface area contributed by atoms with Crippen LogP contribution in [0.1, 0.15) is 36.4 Å². The van der Waals surface area contributed by atoms with Gasteiger partial charge in [-0.15, -0.1) is 11.3 Å². The molecule has 1 heterocycles. The predicted molar refractivity (Wildman–Crippen MR) is 53.5 cm³/mol. The molecule has 1 atom stereocenters. The first-order chi connectivity index (χ1) is 5.56. The van der Waals surface area contributed by atoms with Crippen molar-refractivity contribution in [1.29, 1.82) is 0 Å². The molecule has 0 aliphatic carbocycles. The van der Waals surface area contributed by atoms with E-state index in [4.69, 9.17) is 0 Å². The molecule has 1 nitrogen and oxygen atoms in total. The number of thiophene rings is 1. The van der Waals surface area contributed by atoms with E-state index in [0.29, 0.717) is 0 Å². The lowest BCUT2D eigenvalue weighted by Crippen LogP contribution is -2.18. The molecule has 1 unspecified atom stereocenters. The van der Waals surface area contributed by atoms with Crippen molar-refractivity contribution >= 4 is 11.3 Å². The Labute approximate surface area is 78.1 Å². The fraction of sp³-hybridized carbons (Fsp3) is 0.600. The number of hydrogen-bond acceptors (Lipinski definition) is 2. The molecular formula is C10H16OS. The summed E-state index contributed by atoms with van der Waals surface area (Å²) >= 11 is 1.68. The largest absolute Gasteiger partial charge is 0.385 e. The highest BCUT2D eigenvalue weighted by Crippen LogP contribution is 2.31. The Kier molecular flexibility index (Phi) is 2.91. The number of rotatable bonds is 3. The quantitative estimate of drug-likeness (QED) is 0.765. The van der Waals surface area contributed by atoms with Crippen LogP contribution in [0.15, 0.2) is 12.1 Å². The molecule has 0 spiro atoms. The summed E-state index contributed by atoms with van der Waals surface area (Å²) in [5.74, 6) is 0. The van der Waals surface area contributed by atoms with Crippen LogP contribution in [0.25, 0.3) is 0 Å². The molecule has 68 valence electrons. The second-order valence-corrected chi connectivity index (χ2v) is 4.72. The van der Waals surface area contributed by atoms with Crippen LogP contribution in [0.2, 0.25) is 0 Å². The summed E-state index contributed by atoms with van der Waals surface area (Å²) in [6.07, 6.45) is 1.86. The van der Waals surface area contributed by atoms with Crippen LogP contribution in [0.4, 0.5) is 0 Å². The van der Waals surface area contributed by atoms with Crippen molar-refractivity contribution in [2.24, 2.45) is 0 Å². The first-order valence-corrected chi connectivity index (χ1v) is 5.17. The van der Waals surface area contributed by atoms with E-state index >= 15 is 0 Å². The average molecular weight is 184 g/mol. The van der Waals surface area contributed by atoms with Gasteiger partial charge in [0.05, 0.1) is 5.60 Å². The van der Waals surface area contributed by atoms with Gasteiger partial charge in [-0.05, 0) is 32.4 Å². The van der Waals surface area contributed by atoms with Crippen molar-refractivity contribution in [3.63, 3.8) is 0 Å². The number of hydrogen-bond donors (Lipinski definition) is 1. The molecule has 12 heavy (non-hydrogen) atoms. The Morgan fingerprint density at radius 1 is 1.50 bits per heavy atom. The highest BCUT2D eigenvalue weighted by Gasteiger charge is 2.22. The van der Waals surface area contributed by atoms with Crippen molar-refractivity contribution in [1.82, 2.24) is 0 Å². The van der Waals surface area contributed by atoms with E-state index in [1.165, 1.54) is 4.88 Å². The van der Waals surface area contributed by atoms with Crippen LogP contribution in [0.5, 0.6) is 0 Å². The van der Waals surface area contributed by atoms with Crippen molar-refractivity contribution in [3.8, 4) is 0 Å². The second kappa shape index (κ2) is 3.58. The lowest BCUT2D eigenvalue weighted by atomic mass is 9.99. The monoisotopic (exact) mass is 184 g/mol. The van der Waals surface area contributed by atoms with Crippen LogP contribution in [0.3, 0.4) is 0 Å². The molecule has 1 aromatic rings. The Morgan fingerprint density at radius 3 is 2.58 bits per heavy atom. The standard InChI is InChI=1S/C10H16OS/c1-4-7-10(3,11)9-6-5-8(2)12-9/h5-6,11H,4,7H2,1-3H3. The Bertz CT molecular complexity index is 250. The fourth-order valence-corrected chi connectivity index (χ4v) is 2.27. The van der Waals surface area contributed by atoms with Crippen LogP contribution in [-0.2, 0) is 5.60 Å². The smallest absolute Gasteiger partial charge is 0.0959 e. The molecule has 1 N–H and O–H groups in total. The SMILES string of the molecule is CCCC(C)(O)c1ccc(C)s1. The minimum atomic E-state index is -0.617. The minimum absolute atomic E-state index is 0.617. The summed E-state index contributed by atoms with van der Waals surface area (Å²) in [6.45, 7) is 6.05. The zero-order valence-corrected chi connectivity index (χ0v) is 8.74. The first-order valence-electron chi connectivity index (χ1n) is 4.35. The maximum absolute atomic E-state index is 10.0. The third-order valence-electron chi connectivity index (χ3n) is 2.01. The number of aryl methyl sites for hydroxylation is 1. The summed E-state index contributed by atoms with van der Waals surface area (Å²) in [4.78, 5) is 2.35. The zero-order valence-electron chi connectivity index (χ0n) is 7.92. The second-order valence-electron chi connectivity index (χ2n) is 3.43. The van der Waals surface area contributed by atoms with E-state index in [-0.39, 0.29) is 0 Å². The van der Waals surface area contributed by atoms with E-state index in [9.17, 15) is 5.11 Å². The van der Waals surface area contributed by atoms with Crippen LogP contribution >= 0.6 is 11.3 Å². The Hall–Kier alpha value is -0.340. The topological polar surface area (TPSA) is 20.2 Å².